The number of fused-ring (bicyclic) bond motifs is 8. The molecule has 0 radical (unpaired) electrons. The Kier molecular flexibility index (Phi) is 5.82. The van der Waals surface area contributed by atoms with Gasteiger partial charge in [-0.15, -0.1) is 0 Å². The number of H-pyrrole nitrogens is 2. The van der Waals surface area contributed by atoms with Crippen LogP contribution in [-0.2, 0) is 0 Å². The van der Waals surface area contributed by atoms with Gasteiger partial charge in [0.15, 0.2) is 0 Å². The minimum Gasteiger partial charge on any atom is -0.412 e. The molecule has 6 heteroatoms. The second-order valence-corrected chi connectivity index (χ2v) is 6.93. The summed E-state index contributed by atoms with van der Waals surface area (Å²) in [5, 5.41) is 0. The summed E-state index contributed by atoms with van der Waals surface area (Å²) in [6, 6.07) is 22.1. The lowest BCUT2D eigenvalue weighted by Gasteiger charge is -1.86. The van der Waals surface area contributed by atoms with Crippen molar-refractivity contribution in [2.24, 2.45) is 0 Å². The van der Waals surface area contributed by atoms with Gasteiger partial charge in [0.1, 0.15) is 0 Å². The molecule has 6 rings (SSSR count). The second-order valence-electron chi connectivity index (χ2n) is 6.93. The van der Waals surface area contributed by atoms with Gasteiger partial charge in [-0.25, -0.2) is 9.97 Å². The van der Waals surface area contributed by atoms with Crippen LogP contribution in [0.15, 0.2) is 79.1 Å². The molecule has 4 N–H and O–H groups in total. The van der Waals surface area contributed by atoms with Crippen LogP contribution in [0.2, 0.25) is 0 Å². The maximum atomic E-state index is 4.62. The van der Waals surface area contributed by atoms with Crippen LogP contribution < -0.4 is 0 Å². The summed E-state index contributed by atoms with van der Waals surface area (Å²) in [6.45, 7) is 0. The average Bonchev–Trinajstić information content (AvgIpc) is 3.56. The smallest absolute Gasteiger partial charge is 0.0659 e. The Morgan fingerprint density at radius 2 is 0.903 bits per heavy atom. The van der Waals surface area contributed by atoms with Gasteiger partial charge < -0.3 is 15.4 Å². The summed E-state index contributed by atoms with van der Waals surface area (Å²) >= 11 is 0. The SMILES string of the molecule is C1=Cc2cc3ccc(cc4ccc(cc5nc(cc1n2)C=C5)[nH]4)[nH]3.O.c1ccncc1. The molecule has 0 saturated heterocycles. The van der Waals surface area contributed by atoms with Gasteiger partial charge in [0, 0.05) is 34.5 Å². The van der Waals surface area contributed by atoms with Crippen LogP contribution in [0.4, 0.5) is 0 Å². The fourth-order valence-corrected chi connectivity index (χ4v) is 3.26. The molecule has 0 spiro atoms. The highest BCUT2D eigenvalue weighted by atomic mass is 16.0. The number of nitrogens with zero attached hydrogens (tertiary/aromatic N) is 3. The topological polar surface area (TPSA) is 102 Å². The van der Waals surface area contributed by atoms with E-state index in [-0.39, 0.29) is 5.48 Å². The zero-order valence-electron chi connectivity index (χ0n) is 16.7. The molecule has 0 atom stereocenters. The van der Waals surface area contributed by atoms with E-state index >= 15 is 0 Å². The molecule has 0 unspecified atom stereocenters. The molecule has 0 amide bonds. The predicted octanol–water partition coefficient (Wildman–Crippen LogP) is 4.91. The molecule has 0 aromatic carbocycles. The molecule has 2 aliphatic rings. The molecule has 4 aromatic rings. The summed E-state index contributed by atoms with van der Waals surface area (Å²) in [5.74, 6) is 0. The number of rotatable bonds is 0. The predicted molar refractivity (Wildman–Crippen MR) is 127 cm³/mol. The first-order chi connectivity index (χ1) is 14.8. The molecule has 0 aliphatic carbocycles. The highest BCUT2D eigenvalue weighted by molar-refractivity contribution is 5.77. The van der Waals surface area contributed by atoms with Crippen molar-refractivity contribution in [3.05, 3.63) is 102 Å². The van der Waals surface area contributed by atoms with Crippen LogP contribution in [0.3, 0.4) is 0 Å². The Hall–Kier alpha value is -4.29. The van der Waals surface area contributed by atoms with E-state index in [1.165, 1.54) is 0 Å². The third-order valence-corrected chi connectivity index (χ3v) is 4.61. The molecule has 152 valence electrons. The van der Waals surface area contributed by atoms with E-state index in [9.17, 15) is 0 Å². The number of hydrogen-bond acceptors (Lipinski definition) is 3. The number of pyridine rings is 1. The summed E-state index contributed by atoms with van der Waals surface area (Å²) in [4.78, 5) is 19.8. The van der Waals surface area contributed by atoms with E-state index in [1.54, 1.807) is 12.4 Å². The lowest BCUT2D eigenvalue weighted by molar-refractivity contribution is 0.824. The van der Waals surface area contributed by atoms with Gasteiger partial charge >= 0.3 is 0 Å². The monoisotopic (exact) mass is 407 g/mol. The number of aromatic amines is 2. The molecule has 2 aliphatic heterocycles. The van der Waals surface area contributed by atoms with Crippen molar-refractivity contribution in [1.29, 1.82) is 0 Å². The zero-order valence-corrected chi connectivity index (χ0v) is 16.7. The van der Waals surface area contributed by atoms with Crippen LogP contribution in [0.5, 0.6) is 0 Å². The van der Waals surface area contributed by atoms with Crippen LogP contribution >= 0.6 is 0 Å². The van der Waals surface area contributed by atoms with E-state index in [4.69, 9.17) is 0 Å². The fourth-order valence-electron chi connectivity index (χ4n) is 3.26. The molecule has 6 nitrogen and oxygen atoms in total. The van der Waals surface area contributed by atoms with Gasteiger partial charge in [-0.3, -0.25) is 4.98 Å². The van der Waals surface area contributed by atoms with Gasteiger partial charge in [-0.05, 0) is 85.0 Å². The van der Waals surface area contributed by atoms with Crippen LogP contribution in [0.25, 0.3) is 46.4 Å². The molecule has 0 saturated carbocycles. The highest BCUT2D eigenvalue weighted by Crippen LogP contribution is 2.17. The quantitative estimate of drug-likeness (QED) is 0.374. The Morgan fingerprint density at radius 3 is 1.29 bits per heavy atom. The molecule has 8 bridgehead atoms. The largest absolute Gasteiger partial charge is 0.412 e. The Labute approximate surface area is 179 Å². The van der Waals surface area contributed by atoms with E-state index in [1.807, 2.05) is 60.7 Å². The highest BCUT2D eigenvalue weighted by Gasteiger charge is 2.02. The lowest BCUT2D eigenvalue weighted by atomic mass is 10.3. The van der Waals surface area contributed by atoms with Crippen LogP contribution in [0, 0.1) is 0 Å². The van der Waals surface area contributed by atoms with Crippen molar-refractivity contribution >= 4 is 46.4 Å². The maximum absolute atomic E-state index is 4.62. The van der Waals surface area contributed by atoms with E-state index in [0.717, 1.165) is 44.8 Å². The Balaban J connectivity index is 0.000000288. The number of hydrogen-bond donors (Lipinski definition) is 2. The van der Waals surface area contributed by atoms with E-state index < -0.39 is 0 Å². The molecular weight excluding hydrogens is 386 g/mol. The second kappa shape index (κ2) is 9.02. The number of aromatic nitrogens is 5. The van der Waals surface area contributed by atoms with Crippen molar-refractivity contribution in [2.45, 2.75) is 0 Å². The Bertz CT molecular complexity index is 1280. The average molecular weight is 407 g/mol. The molecule has 0 fully saturated rings. The van der Waals surface area contributed by atoms with Crippen molar-refractivity contribution < 1.29 is 5.48 Å². The zero-order chi connectivity index (χ0) is 20.2. The molecule has 4 aromatic heterocycles. The van der Waals surface area contributed by atoms with E-state index in [0.29, 0.717) is 0 Å². The first kappa shape index (κ1) is 20.0. The Morgan fingerprint density at radius 1 is 0.484 bits per heavy atom. The first-order valence-electron chi connectivity index (χ1n) is 9.70. The summed E-state index contributed by atoms with van der Waals surface area (Å²) in [6.07, 6.45) is 11.5. The van der Waals surface area contributed by atoms with Crippen molar-refractivity contribution in [1.82, 2.24) is 24.9 Å². The molecular formula is C25H21N5O. The standard InChI is InChI=1S/C20H14N4.C5H5N.H2O/c1-2-14-10-16-5-6-18(23-16)12-20-8-7-19(24-20)11-17-4-3-15(22-17)9-13(1)21-14;1-2-4-6-5-3-1;/h1-12,21-22H;1-5H;1H2. The minimum absolute atomic E-state index is 0. The molecule has 31 heavy (non-hydrogen) atoms. The fraction of sp³-hybridized carbons (Fsp3) is 0. The lowest BCUT2D eigenvalue weighted by Crippen LogP contribution is -1.77. The third-order valence-electron chi connectivity index (χ3n) is 4.61. The van der Waals surface area contributed by atoms with Gasteiger partial charge in [-0.1, -0.05) is 6.07 Å². The summed E-state index contributed by atoms with van der Waals surface area (Å²) < 4.78 is 0. The minimum atomic E-state index is 0. The number of nitrogens with one attached hydrogen (secondary N) is 2. The summed E-state index contributed by atoms with van der Waals surface area (Å²) in [5.41, 5.74) is 7.86. The van der Waals surface area contributed by atoms with Crippen LogP contribution in [0.1, 0.15) is 22.8 Å². The maximum Gasteiger partial charge on any atom is 0.0659 e. The first-order valence-corrected chi connectivity index (χ1v) is 9.70. The molecule has 6 heterocycles. The van der Waals surface area contributed by atoms with Crippen molar-refractivity contribution in [3.63, 3.8) is 0 Å². The van der Waals surface area contributed by atoms with E-state index in [2.05, 4.69) is 55.3 Å². The van der Waals surface area contributed by atoms with Gasteiger partial charge in [-0.2, -0.15) is 0 Å². The van der Waals surface area contributed by atoms with Gasteiger partial charge in [0.2, 0.25) is 0 Å². The van der Waals surface area contributed by atoms with Gasteiger partial charge in [0.05, 0.1) is 22.8 Å². The van der Waals surface area contributed by atoms with Crippen LogP contribution in [-0.4, -0.2) is 30.4 Å². The van der Waals surface area contributed by atoms with Crippen molar-refractivity contribution in [3.8, 4) is 0 Å². The third kappa shape index (κ3) is 5.01. The normalized spacial score (nSPS) is 11.4. The van der Waals surface area contributed by atoms with Crippen molar-refractivity contribution in [2.75, 3.05) is 0 Å². The van der Waals surface area contributed by atoms with Gasteiger partial charge in [0.25, 0.3) is 0 Å². The summed E-state index contributed by atoms with van der Waals surface area (Å²) in [7, 11) is 0.